The molecule has 11 heteroatoms. The summed E-state index contributed by atoms with van der Waals surface area (Å²) in [5.74, 6) is 0. The summed E-state index contributed by atoms with van der Waals surface area (Å²) >= 11 is 0. The van der Waals surface area contributed by atoms with Gasteiger partial charge >= 0.3 is 6.18 Å². The number of nitrogens with one attached hydrogen (secondary N) is 1. The van der Waals surface area contributed by atoms with E-state index in [4.69, 9.17) is 0 Å². The molecule has 0 saturated carbocycles. The molecule has 7 nitrogen and oxygen atoms in total. The molecule has 5 rings (SSSR count). The van der Waals surface area contributed by atoms with Crippen molar-refractivity contribution in [3.63, 3.8) is 0 Å². The van der Waals surface area contributed by atoms with Crippen molar-refractivity contribution in [2.24, 2.45) is 0 Å². The highest BCUT2D eigenvalue weighted by Gasteiger charge is 2.32. The van der Waals surface area contributed by atoms with E-state index in [1.165, 1.54) is 24.4 Å². The zero-order valence-electron chi connectivity index (χ0n) is 17.8. The van der Waals surface area contributed by atoms with E-state index >= 15 is 0 Å². The maximum absolute atomic E-state index is 12.6. The lowest BCUT2D eigenvalue weighted by Crippen LogP contribution is -2.33. The minimum atomic E-state index is -4.45. The Hall–Kier alpha value is -3.53. The van der Waals surface area contributed by atoms with E-state index in [0.29, 0.717) is 37.4 Å². The number of hydrogen-bond acceptors (Lipinski definition) is 5. The van der Waals surface area contributed by atoms with Crippen molar-refractivity contribution in [3.8, 4) is 0 Å². The van der Waals surface area contributed by atoms with Crippen LogP contribution in [-0.2, 0) is 19.3 Å². The predicted molar refractivity (Wildman–Crippen MR) is 124 cm³/mol. The van der Waals surface area contributed by atoms with Crippen LogP contribution in [0.4, 0.5) is 13.2 Å². The molecule has 3 aromatic heterocycles. The average Bonchev–Trinajstić information content (AvgIpc) is 3.18. The van der Waals surface area contributed by atoms with E-state index in [9.17, 15) is 22.8 Å². The quantitative estimate of drug-likeness (QED) is 0.594. The monoisotopic (exact) mass is 491 g/mol. The van der Waals surface area contributed by atoms with Gasteiger partial charge in [-0.3, -0.25) is 23.7 Å². The first-order valence-electron chi connectivity index (χ1n) is 10.4. The molecule has 3 aromatic rings. The molecule has 0 fully saturated rings. The Labute approximate surface area is 198 Å². The van der Waals surface area contributed by atoms with Gasteiger partial charge in [0.05, 0.1) is 12.6 Å². The van der Waals surface area contributed by atoms with Crippen molar-refractivity contribution in [1.29, 1.82) is 0 Å². The summed E-state index contributed by atoms with van der Waals surface area (Å²) in [5, 5.41) is 4.04. The summed E-state index contributed by atoms with van der Waals surface area (Å²) in [6, 6.07) is 8.73. The smallest absolute Gasteiger partial charge is 0.381 e. The Morgan fingerprint density at radius 1 is 1.06 bits per heavy atom. The fourth-order valence-electron chi connectivity index (χ4n) is 4.26. The van der Waals surface area contributed by atoms with Crippen LogP contribution in [0.3, 0.4) is 0 Å². The van der Waals surface area contributed by atoms with Crippen molar-refractivity contribution < 1.29 is 13.2 Å². The first-order chi connectivity index (χ1) is 15.8. The highest BCUT2D eigenvalue weighted by molar-refractivity contribution is 5.85. The molecule has 2 aliphatic heterocycles. The first kappa shape index (κ1) is 23.6. The maximum Gasteiger partial charge on any atom is 0.433 e. The molecular formula is C23H21ClF3N5O2. The number of pyridine rings is 3. The molecule has 34 heavy (non-hydrogen) atoms. The molecule has 0 bridgehead atoms. The van der Waals surface area contributed by atoms with Gasteiger partial charge in [-0.15, -0.1) is 12.4 Å². The fraction of sp³-hybridized carbons (Fsp3) is 0.261. The number of rotatable bonds is 5. The van der Waals surface area contributed by atoms with Gasteiger partial charge in [0.1, 0.15) is 11.3 Å². The molecule has 1 N–H and O–H groups in total. The summed E-state index contributed by atoms with van der Waals surface area (Å²) in [5.41, 5.74) is 0.975. The zero-order valence-corrected chi connectivity index (χ0v) is 18.6. The summed E-state index contributed by atoms with van der Waals surface area (Å²) in [7, 11) is 0. The molecule has 0 saturated heterocycles. The van der Waals surface area contributed by atoms with Gasteiger partial charge in [0, 0.05) is 55.2 Å². The molecular weight excluding hydrogens is 471 g/mol. The number of allylic oxidation sites excluding steroid dienone is 1. The third kappa shape index (κ3) is 4.45. The van der Waals surface area contributed by atoms with Gasteiger partial charge in [-0.25, -0.2) is 0 Å². The normalized spacial score (nSPS) is 17.0. The lowest BCUT2D eigenvalue weighted by molar-refractivity contribution is -0.141. The number of nitrogens with zero attached hydrogens (tertiary/aromatic N) is 4. The van der Waals surface area contributed by atoms with Gasteiger partial charge in [0.2, 0.25) is 0 Å². The molecule has 0 amide bonds. The number of halogens is 4. The zero-order chi connectivity index (χ0) is 23.2. The summed E-state index contributed by atoms with van der Waals surface area (Å²) in [4.78, 5) is 30.3. The lowest BCUT2D eigenvalue weighted by atomic mass is 10.2. The van der Waals surface area contributed by atoms with Gasteiger partial charge < -0.3 is 10.2 Å². The largest absolute Gasteiger partial charge is 0.433 e. The Morgan fingerprint density at radius 2 is 1.82 bits per heavy atom. The van der Waals surface area contributed by atoms with Crippen LogP contribution in [0.1, 0.15) is 17.3 Å². The Bertz CT molecular complexity index is 1390. The van der Waals surface area contributed by atoms with E-state index in [0.717, 1.165) is 17.1 Å². The van der Waals surface area contributed by atoms with Crippen molar-refractivity contribution in [2.75, 3.05) is 13.1 Å². The minimum Gasteiger partial charge on any atom is -0.381 e. The topological polar surface area (TPSA) is 72.2 Å². The molecule has 0 aliphatic carbocycles. The van der Waals surface area contributed by atoms with Crippen molar-refractivity contribution >= 4 is 23.4 Å². The molecule has 0 spiro atoms. The molecule has 0 unspecified atom stereocenters. The summed E-state index contributed by atoms with van der Waals surface area (Å²) in [6.45, 7) is 1.94. The van der Waals surface area contributed by atoms with Crippen LogP contribution in [-0.4, -0.2) is 32.1 Å². The highest BCUT2D eigenvalue weighted by Crippen LogP contribution is 2.27. The second-order valence-electron chi connectivity index (χ2n) is 8.09. The third-order valence-electron chi connectivity index (χ3n) is 5.88. The predicted octanol–water partition coefficient (Wildman–Crippen LogP) is 3.06. The van der Waals surface area contributed by atoms with Crippen LogP contribution in [0, 0.1) is 0 Å². The van der Waals surface area contributed by atoms with E-state index < -0.39 is 11.9 Å². The molecule has 2 aliphatic rings. The van der Waals surface area contributed by atoms with E-state index in [2.05, 4.69) is 15.2 Å². The second kappa shape index (κ2) is 9.02. The van der Waals surface area contributed by atoms with Crippen molar-refractivity contribution in [3.05, 3.63) is 98.6 Å². The van der Waals surface area contributed by atoms with Crippen LogP contribution in [0.2, 0.25) is 0 Å². The molecule has 178 valence electrons. The van der Waals surface area contributed by atoms with Crippen molar-refractivity contribution in [1.82, 2.24) is 24.3 Å². The van der Waals surface area contributed by atoms with Crippen LogP contribution in [0.5, 0.6) is 0 Å². The number of hydrogen-bond donors (Lipinski definition) is 1. The van der Waals surface area contributed by atoms with Crippen LogP contribution in [0.15, 0.2) is 76.2 Å². The van der Waals surface area contributed by atoms with Gasteiger partial charge in [-0.05, 0) is 35.9 Å². The lowest BCUT2D eigenvalue weighted by Gasteiger charge is -2.26. The fourth-order valence-corrected chi connectivity index (χ4v) is 4.26. The van der Waals surface area contributed by atoms with Gasteiger partial charge in [0.25, 0.3) is 11.1 Å². The average molecular weight is 492 g/mol. The Morgan fingerprint density at radius 3 is 2.47 bits per heavy atom. The molecule has 1 atom stereocenters. The molecule has 5 heterocycles. The summed E-state index contributed by atoms with van der Waals surface area (Å²) in [6.07, 6.45) is 2.51. The van der Waals surface area contributed by atoms with Crippen LogP contribution < -0.4 is 16.4 Å². The van der Waals surface area contributed by atoms with E-state index in [1.807, 2.05) is 18.4 Å². The van der Waals surface area contributed by atoms with Gasteiger partial charge in [-0.2, -0.15) is 13.2 Å². The number of alkyl halides is 3. The van der Waals surface area contributed by atoms with E-state index in [-0.39, 0.29) is 29.6 Å². The van der Waals surface area contributed by atoms with E-state index in [1.54, 1.807) is 21.3 Å². The number of aromatic nitrogens is 3. The standard InChI is InChI=1S/C23H20F3N5O2.ClH/c24-23(25,26)19-4-1-15(12-28-19)11-27-17-7-9-29(10-8-17)13-18-14-30-20(32)5-2-16-3-6-21(33)31(18)22(16)30;/h1-9,12,18,27H,10-11,13-14H2;1H/t18-;/m1./s1. The third-order valence-corrected chi connectivity index (χ3v) is 5.88. The minimum absolute atomic E-state index is 0. The highest BCUT2D eigenvalue weighted by atomic mass is 35.5. The summed E-state index contributed by atoms with van der Waals surface area (Å²) < 4.78 is 41.2. The van der Waals surface area contributed by atoms with Crippen molar-refractivity contribution in [2.45, 2.75) is 25.3 Å². The van der Waals surface area contributed by atoms with Crippen LogP contribution >= 0.6 is 12.4 Å². The SMILES string of the molecule is Cl.O=c1ccc2ccc(=O)n3c2n1C[C@H]3CN1C=CC(NCc2ccc(C(F)(F)F)nc2)=CC1. The second-order valence-corrected chi connectivity index (χ2v) is 8.09. The maximum atomic E-state index is 12.6. The van der Waals surface area contributed by atoms with Gasteiger partial charge in [-0.1, -0.05) is 6.07 Å². The van der Waals surface area contributed by atoms with Crippen LogP contribution in [0.25, 0.3) is 11.0 Å². The Balaban J connectivity index is 0.00000274. The molecule has 0 aromatic carbocycles. The van der Waals surface area contributed by atoms with Gasteiger partial charge in [0.15, 0.2) is 0 Å². The Kier molecular flexibility index (Phi) is 6.26. The first-order valence-corrected chi connectivity index (χ1v) is 10.4. The molecule has 0 radical (unpaired) electrons.